The van der Waals surface area contributed by atoms with E-state index in [2.05, 4.69) is 15.9 Å². The van der Waals surface area contributed by atoms with Crippen LogP contribution in [0.5, 0.6) is 0 Å². The van der Waals surface area contributed by atoms with Crippen molar-refractivity contribution in [2.24, 2.45) is 11.7 Å². The molecule has 1 aromatic rings. The Kier molecular flexibility index (Phi) is 2.63. The highest BCUT2D eigenvalue weighted by molar-refractivity contribution is 9.10. The second-order valence-corrected chi connectivity index (χ2v) is 4.85. The molecule has 1 aromatic carbocycles. The van der Waals surface area contributed by atoms with Gasteiger partial charge < -0.3 is 5.73 Å². The van der Waals surface area contributed by atoms with Gasteiger partial charge in [0.25, 0.3) is 0 Å². The molecule has 0 unspecified atom stereocenters. The highest BCUT2D eigenvalue weighted by atomic mass is 79.9. The Morgan fingerprint density at radius 1 is 1.46 bits per heavy atom. The van der Waals surface area contributed by atoms with Gasteiger partial charge >= 0.3 is 0 Å². The zero-order valence-electron chi connectivity index (χ0n) is 7.13. The minimum absolute atomic E-state index is 0.116. The van der Waals surface area contributed by atoms with Crippen LogP contribution in [0.25, 0.3) is 0 Å². The van der Waals surface area contributed by atoms with Crippen LogP contribution in [-0.2, 0) is 0 Å². The molecule has 0 aliphatic heterocycles. The number of halogens is 2. The van der Waals surface area contributed by atoms with Crippen LogP contribution < -0.4 is 5.73 Å². The van der Waals surface area contributed by atoms with Gasteiger partial charge in [0.15, 0.2) is 0 Å². The van der Waals surface area contributed by atoms with Crippen molar-refractivity contribution < 1.29 is 0 Å². The number of hydrogen-bond acceptors (Lipinski definition) is 1. The molecule has 2 N–H and O–H groups in total. The van der Waals surface area contributed by atoms with Gasteiger partial charge in [-0.1, -0.05) is 27.5 Å². The molecule has 1 aliphatic carbocycles. The Bertz CT molecular complexity index is 323. The molecule has 1 fully saturated rings. The van der Waals surface area contributed by atoms with Crippen LogP contribution >= 0.6 is 27.5 Å². The Hall–Kier alpha value is -0.0500. The molecule has 13 heavy (non-hydrogen) atoms. The number of rotatable bonds is 2. The van der Waals surface area contributed by atoms with Gasteiger partial charge in [0.2, 0.25) is 0 Å². The van der Waals surface area contributed by atoms with Gasteiger partial charge in [-0.25, -0.2) is 0 Å². The first kappa shape index (κ1) is 9.50. The molecule has 0 radical (unpaired) electrons. The minimum Gasteiger partial charge on any atom is -0.324 e. The summed E-state index contributed by atoms with van der Waals surface area (Å²) < 4.78 is 1.04. The highest BCUT2D eigenvalue weighted by Crippen LogP contribution is 2.41. The van der Waals surface area contributed by atoms with Crippen LogP contribution in [0.3, 0.4) is 0 Å². The Morgan fingerprint density at radius 2 is 2.15 bits per heavy atom. The van der Waals surface area contributed by atoms with Crippen molar-refractivity contribution in [3.8, 4) is 0 Å². The van der Waals surface area contributed by atoms with Crippen molar-refractivity contribution in [1.82, 2.24) is 0 Å². The summed E-state index contributed by atoms with van der Waals surface area (Å²) in [6.07, 6.45) is 2.48. The van der Waals surface area contributed by atoms with E-state index in [0.29, 0.717) is 5.92 Å². The second-order valence-electron chi connectivity index (χ2n) is 3.53. The highest BCUT2D eigenvalue weighted by Gasteiger charge is 2.30. The molecule has 70 valence electrons. The van der Waals surface area contributed by atoms with E-state index in [1.807, 2.05) is 18.2 Å². The molecule has 1 aliphatic rings. The summed E-state index contributed by atoms with van der Waals surface area (Å²) >= 11 is 9.48. The lowest BCUT2D eigenvalue weighted by Crippen LogP contribution is -2.12. The lowest BCUT2D eigenvalue weighted by atomic mass is 10.0. The van der Waals surface area contributed by atoms with Gasteiger partial charge in [0, 0.05) is 15.5 Å². The zero-order valence-corrected chi connectivity index (χ0v) is 9.48. The van der Waals surface area contributed by atoms with Gasteiger partial charge in [-0.3, -0.25) is 0 Å². The van der Waals surface area contributed by atoms with Crippen molar-refractivity contribution >= 4 is 27.5 Å². The Balaban J connectivity index is 2.31. The third-order valence-electron chi connectivity index (χ3n) is 2.45. The van der Waals surface area contributed by atoms with Crippen LogP contribution in [0.1, 0.15) is 24.4 Å². The summed E-state index contributed by atoms with van der Waals surface area (Å²) in [7, 11) is 0. The summed E-state index contributed by atoms with van der Waals surface area (Å²) in [6.45, 7) is 0. The molecule has 0 saturated heterocycles. The molecule has 0 bridgehead atoms. The van der Waals surface area contributed by atoms with Crippen LogP contribution in [0.15, 0.2) is 22.7 Å². The van der Waals surface area contributed by atoms with Crippen molar-refractivity contribution in [1.29, 1.82) is 0 Å². The molecular formula is C10H11BrClN. The molecule has 0 heterocycles. The first-order valence-electron chi connectivity index (χ1n) is 4.39. The van der Waals surface area contributed by atoms with Crippen LogP contribution in [0, 0.1) is 5.92 Å². The van der Waals surface area contributed by atoms with E-state index >= 15 is 0 Å². The van der Waals surface area contributed by atoms with Crippen LogP contribution in [0.4, 0.5) is 0 Å². The molecule has 0 aromatic heterocycles. The monoisotopic (exact) mass is 259 g/mol. The number of hydrogen-bond donors (Lipinski definition) is 1. The maximum Gasteiger partial charge on any atom is 0.0454 e. The van der Waals surface area contributed by atoms with Crippen molar-refractivity contribution in [2.45, 2.75) is 18.9 Å². The van der Waals surface area contributed by atoms with E-state index in [1.165, 1.54) is 12.8 Å². The fourth-order valence-corrected chi connectivity index (χ4v) is 2.10. The number of nitrogens with two attached hydrogens (primary N) is 1. The van der Waals surface area contributed by atoms with Gasteiger partial charge in [0.05, 0.1) is 0 Å². The fraction of sp³-hybridized carbons (Fsp3) is 0.400. The molecule has 1 saturated carbocycles. The topological polar surface area (TPSA) is 26.0 Å². The lowest BCUT2D eigenvalue weighted by molar-refractivity contribution is 0.633. The standard InChI is InChI=1S/C10H11BrClN/c11-7-3-4-9(12)8(5-7)10(13)6-1-2-6/h3-6,10H,1-2,13H2/t10-/m1/s1. The second kappa shape index (κ2) is 3.60. The first-order chi connectivity index (χ1) is 6.18. The van der Waals surface area contributed by atoms with E-state index < -0.39 is 0 Å². The van der Waals surface area contributed by atoms with Crippen molar-refractivity contribution in [3.05, 3.63) is 33.3 Å². The van der Waals surface area contributed by atoms with Gasteiger partial charge in [0.1, 0.15) is 0 Å². The molecule has 0 spiro atoms. The van der Waals surface area contributed by atoms with Crippen LogP contribution in [0.2, 0.25) is 5.02 Å². The third-order valence-corrected chi connectivity index (χ3v) is 3.28. The van der Waals surface area contributed by atoms with E-state index in [1.54, 1.807) is 0 Å². The maximum atomic E-state index is 6.06. The molecule has 0 amide bonds. The van der Waals surface area contributed by atoms with Gasteiger partial charge in [-0.15, -0.1) is 0 Å². The normalized spacial score (nSPS) is 18.7. The number of benzene rings is 1. The molecule has 1 nitrogen and oxygen atoms in total. The summed E-state index contributed by atoms with van der Waals surface area (Å²) in [5, 5.41) is 0.780. The predicted molar refractivity (Wildman–Crippen MR) is 58.8 cm³/mol. The van der Waals surface area contributed by atoms with E-state index in [-0.39, 0.29) is 6.04 Å². The maximum absolute atomic E-state index is 6.06. The first-order valence-corrected chi connectivity index (χ1v) is 5.56. The summed E-state index contributed by atoms with van der Waals surface area (Å²) in [6, 6.07) is 5.96. The SMILES string of the molecule is N[C@@H](c1cc(Br)ccc1Cl)C1CC1. The predicted octanol–water partition coefficient (Wildman–Crippen LogP) is 3.51. The quantitative estimate of drug-likeness (QED) is 0.865. The Labute approximate surface area is 91.4 Å². The smallest absolute Gasteiger partial charge is 0.0454 e. The summed E-state index contributed by atoms with van der Waals surface area (Å²) in [4.78, 5) is 0. The van der Waals surface area contributed by atoms with Gasteiger partial charge in [-0.05, 0) is 42.5 Å². The fourth-order valence-electron chi connectivity index (χ4n) is 1.48. The minimum atomic E-state index is 0.116. The Morgan fingerprint density at radius 3 is 2.77 bits per heavy atom. The van der Waals surface area contributed by atoms with E-state index in [4.69, 9.17) is 17.3 Å². The van der Waals surface area contributed by atoms with Crippen molar-refractivity contribution in [3.63, 3.8) is 0 Å². The van der Waals surface area contributed by atoms with Crippen molar-refractivity contribution in [2.75, 3.05) is 0 Å². The summed E-state index contributed by atoms with van der Waals surface area (Å²) in [5.41, 5.74) is 7.13. The summed E-state index contributed by atoms with van der Waals surface area (Å²) in [5.74, 6) is 0.645. The van der Waals surface area contributed by atoms with E-state index in [0.717, 1.165) is 15.1 Å². The zero-order chi connectivity index (χ0) is 9.42. The molecule has 2 rings (SSSR count). The molecule has 3 heteroatoms. The largest absolute Gasteiger partial charge is 0.324 e. The van der Waals surface area contributed by atoms with Crippen LogP contribution in [-0.4, -0.2) is 0 Å². The third kappa shape index (κ3) is 2.06. The molecule has 1 atom stereocenters. The average Bonchev–Trinajstić information content (AvgIpc) is 2.91. The lowest BCUT2D eigenvalue weighted by Gasteiger charge is -2.12. The van der Waals surface area contributed by atoms with E-state index in [9.17, 15) is 0 Å². The van der Waals surface area contributed by atoms with Gasteiger partial charge in [-0.2, -0.15) is 0 Å². The molecular weight excluding hydrogens is 249 g/mol. The average molecular weight is 261 g/mol.